The van der Waals surface area contributed by atoms with Crippen LogP contribution in [-0.4, -0.2) is 20.9 Å². The molecular formula is C13H16N2O2S. The van der Waals surface area contributed by atoms with Crippen molar-refractivity contribution >= 4 is 17.3 Å². The second-order valence-electron chi connectivity index (χ2n) is 5.28. The van der Waals surface area contributed by atoms with Gasteiger partial charge < -0.3 is 5.11 Å². The highest BCUT2D eigenvalue weighted by Gasteiger charge is 2.25. The number of nitrogens with zero attached hydrogens (tertiary/aromatic N) is 2. The van der Waals surface area contributed by atoms with Gasteiger partial charge in [-0.05, 0) is 11.4 Å². The molecule has 4 nitrogen and oxygen atoms in total. The molecule has 0 saturated carbocycles. The topological polar surface area (TPSA) is 55.1 Å². The highest BCUT2D eigenvalue weighted by molar-refractivity contribution is 7.12. The zero-order valence-electron chi connectivity index (χ0n) is 10.9. The number of rotatable bonds is 2. The van der Waals surface area contributed by atoms with E-state index < -0.39 is 5.97 Å². The molecule has 0 spiro atoms. The number of carbonyl (C=O) groups is 1. The van der Waals surface area contributed by atoms with E-state index in [0.717, 1.165) is 16.8 Å². The molecule has 0 bridgehead atoms. The van der Waals surface area contributed by atoms with Gasteiger partial charge in [0.05, 0.1) is 5.69 Å². The summed E-state index contributed by atoms with van der Waals surface area (Å²) in [5.41, 5.74) is 2.47. The molecule has 0 aliphatic rings. The Bertz CT molecular complexity index is 590. The van der Waals surface area contributed by atoms with Gasteiger partial charge in [-0.1, -0.05) is 20.8 Å². The van der Waals surface area contributed by atoms with Crippen molar-refractivity contribution in [3.8, 4) is 11.1 Å². The van der Waals surface area contributed by atoms with Crippen LogP contribution in [0.15, 0.2) is 17.6 Å². The molecule has 0 atom stereocenters. The van der Waals surface area contributed by atoms with Crippen LogP contribution < -0.4 is 0 Å². The molecule has 2 aromatic heterocycles. The Balaban J connectivity index is 2.64. The first-order chi connectivity index (χ1) is 8.30. The lowest BCUT2D eigenvalue weighted by atomic mass is 9.87. The smallest absolute Gasteiger partial charge is 0.346 e. The third-order valence-corrected chi connectivity index (χ3v) is 3.59. The van der Waals surface area contributed by atoms with Crippen LogP contribution in [0.25, 0.3) is 11.1 Å². The maximum Gasteiger partial charge on any atom is 0.346 e. The summed E-state index contributed by atoms with van der Waals surface area (Å²) in [6, 6.07) is 1.85. The summed E-state index contributed by atoms with van der Waals surface area (Å²) in [6.45, 7) is 6.23. The van der Waals surface area contributed by atoms with Crippen LogP contribution in [0, 0.1) is 0 Å². The summed E-state index contributed by atoms with van der Waals surface area (Å²) < 4.78 is 1.74. The average Bonchev–Trinajstić information content (AvgIpc) is 2.80. The van der Waals surface area contributed by atoms with Crippen molar-refractivity contribution < 1.29 is 9.90 Å². The number of carboxylic acids is 1. The molecule has 96 valence electrons. The number of hydrogen-bond donors (Lipinski definition) is 1. The lowest BCUT2D eigenvalue weighted by Gasteiger charge is -2.17. The summed E-state index contributed by atoms with van der Waals surface area (Å²) in [7, 11) is 1.85. The largest absolute Gasteiger partial charge is 0.477 e. The lowest BCUT2D eigenvalue weighted by molar-refractivity contribution is 0.0703. The number of carboxylic acid groups (broad SMARTS) is 1. The number of hydrogen-bond acceptors (Lipinski definition) is 3. The molecule has 0 fully saturated rings. The minimum absolute atomic E-state index is 0.117. The van der Waals surface area contributed by atoms with Crippen molar-refractivity contribution in [3.63, 3.8) is 0 Å². The van der Waals surface area contributed by atoms with Gasteiger partial charge in [-0.15, -0.1) is 11.3 Å². The summed E-state index contributed by atoms with van der Waals surface area (Å²) in [5.74, 6) is -0.885. The fraction of sp³-hybridized carbons (Fsp3) is 0.385. The minimum Gasteiger partial charge on any atom is -0.477 e. The zero-order chi connectivity index (χ0) is 13.5. The standard InChI is InChI=1S/C13H16N2O2S/c1-13(2,3)11-9(7-15(4)14-11)8-5-6-18-10(8)12(16)17/h5-7H,1-4H3,(H,16,17). The van der Waals surface area contributed by atoms with E-state index in [-0.39, 0.29) is 5.41 Å². The van der Waals surface area contributed by atoms with Crippen LogP contribution in [0.1, 0.15) is 36.1 Å². The van der Waals surface area contributed by atoms with Gasteiger partial charge in [-0.2, -0.15) is 5.10 Å². The van der Waals surface area contributed by atoms with E-state index in [2.05, 4.69) is 25.9 Å². The first-order valence-corrected chi connectivity index (χ1v) is 6.54. The van der Waals surface area contributed by atoms with E-state index in [0.29, 0.717) is 4.88 Å². The average molecular weight is 264 g/mol. The van der Waals surface area contributed by atoms with Gasteiger partial charge in [0.1, 0.15) is 4.88 Å². The van der Waals surface area contributed by atoms with Crippen molar-refractivity contribution in [1.82, 2.24) is 9.78 Å². The normalized spacial score (nSPS) is 11.8. The van der Waals surface area contributed by atoms with Gasteiger partial charge in [-0.3, -0.25) is 4.68 Å². The molecule has 0 saturated heterocycles. The van der Waals surface area contributed by atoms with Crippen LogP contribution in [-0.2, 0) is 12.5 Å². The van der Waals surface area contributed by atoms with Gasteiger partial charge in [0.25, 0.3) is 0 Å². The third kappa shape index (κ3) is 2.18. The predicted molar refractivity (Wildman–Crippen MR) is 72.2 cm³/mol. The predicted octanol–water partition coefficient (Wildman–Crippen LogP) is 3.14. The van der Waals surface area contributed by atoms with E-state index in [4.69, 9.17) is 0 Å². The van der Waals surface area contributed by atoms with Crippen LogP contribution in [0.2, 0.25) is 0 Å². The Labute approximate surface area is 110 Å². The Morgan fingerprint density at radius 3 is 2.61 bits per heavy atom. The van der Waals surface area contributed by atoms with E-state index in [1.807, 2.05) is 19.3 Å². The zero-order valence-corrected chi connectivity index (χ0v) is 11.7. The summed E-state index contributed by atoms with van der Waals surface area (Å²) >= 11 is 1.24. The van der Waals surface area contributed by atoms with Gasteiger partial charge in [0.15, 0.2) is 0 Å². The van der Waals surface area contributed by atoms with Crippen molar-refractivity contribution in [2.75, 3.05) is 0 Å². The monoisotopic (exact) mass is 264 g/mol. The van der Waals surface area contributed by atoms with E-state index in [1.54, 1.807) is 10.1 Å². The SMILES string of the molecule is Cn1cc(-c2ccsc2C(=O)O)c(C(C)(C)C)n1. The van der Waals surface area contributed by atoms with Crippen LogP contribution in [0.4, 0.5) is 0 Å². The first-order valence-electron chi connectivity index (χ1n) is 5.66. The lowest BCUT2D eigenvalue weighted by Crippen LogP contribution is -2.14. The van der Waals surface area contributed by atoms with Gasteiger partial charge >= 0.3 is 5.97 Å². The van der Waals surface area contributed by atoms with Gasteiger partial charge in [0, 0.05) is 29.8 Å². The highest BCUT2D eigenvalue weighted by atomic mass is 32.1. The quantitative estimate of drug-likeness (QED) is 0.906. The van der Waals surface area contributed by atoms with E-state index in [1.165, 1.54) is 11.3 Å². The van der Waals surface area contributed by atoms with Gasteiger partial charge in [0.2, 0.25) is 0 Å². The molecule has 0 amide bonds. The summed E-state index contributed by atoms with van der Waals surface area (Å²) in [6.07, 6.45) is 1.88. The summed E-state index contributed by atoms with van der Waals surface area (Å²) in [5, 5.41) is 15.5. The molecule has 5 heteroatoms. The van der Waals surface area contributed by atoms with Crippen molar-refractivity contribution in [2.45, 2.75) is 26.2 Å². The molecule has 2 rings (SSSR count). The Kier molecular flexibility index (Phi) is 3.02. The molecule has 0 aliphatic heterocycles. The summed E-state index contributed by atoms with van der Waals surface area (Å²) in [4.78, 5) is 11.6. The fourth-order valence-electron chi connectivity index (χ4n) is 1.93. The first kappa shape index (κ1) is 12.8. The van der Waals surface area contributed by atoms with Crippen LogP contribution >= 0.6 is 11.3 Å². The molecular weight excluding hydrogens is 248 g/mol. The number of aromatic nitrogens is 2. The second-order valence-corrected chi connectivity index (χ2v) is 6.20. The number of aryl methyl sites for hydroxylation is 1. The molecule has 2 heterocycles. The molecule has 0 unspecified atom stereocenters. The Morgan fingerprint density at radius 1 is 1.39 bits per heavy atom. The van der Waals surface area contributed by atoms with Crippen LogP contribution in [0.5, 0.6) is 0 Å². The van der Waals surface area contributed by atoms with Crippen molar-refractivity contribution in [3.05, 3.63) is 28.2 Å². The highest BCUT2D eigenvalue weighted by Crippen LogP contribution is 2.35. The molecule has 1 N–H and O–H groups in total. The molecule has 0 aromatic carbocycles. The van der Waals surface area contributed by atoms with E-state index >= 15 is 0 Å². The molecule has 18 heavy (non-hydrogen) atoms. The Hall–Kier alpha value is -1.62. The maximum atomic E-state index is 11.2. The number of thiophene rings is 1. The maximum absolute atomic E-state index is 11.2. The molecule has 2 aromatic rings. The number of aromatic carboxylic acids is 1. The molecule has 0 radical (unpaired) electrons. The van der Waals surface area contributed by atoms with Crippen LogP contribution in [0.3, 0.4) is 0 Å². The van der Waals surface area contributed by atoms with Gasteiger partial charge in [-0.25, -0.2) is 4.79 Å². The van der Waals surface area contributed by atoms with E-state index in [9.17, 15) is 9.90 Å². The fourth-order valence-corrected chi connectivity index (χ4v) is 2.67. The Morgan fingerprint density at radius 2 is 2.06 bits per heavy atom. The third-order valence-electron chi connectivity index (χ3n) is 2.69. The van der Waals surface area contributed by atoms with Crippen molar-refractivity contribution in [2.24, 2.45) is 7.05 Å². The second kappa shape index (κ2) is 4.24. The minimum atomic E-state index is -0.885. The molecule has 0 aliphatic carbocycles. The van der Waals surface area contributed by atoms with Crippen molar-refractivity contribution in [1.29, 1.82) is 0 Å².